The van der Waals surface area contributed by atoms with Crippen molar-refractivity contribution in [2.45, 2.75) is 26.2 Å². The number of ketones is 1. The lowest BCUT2D eigenvalue weighted by Gasteiger charge is -2.41. The Morgan fingerprint density at radius 2 is 1.82 bits per heavy atom. The number of anilines is 1. The first kappa shape index (κ1) is 13.6. The van der Waals surface area contributed by atoms with Gasteiger partial charge in [0.05, 0.1) is 17.5 Å². The van der Waals surface area contributed by atoms with Crippen molar-refractivity contribution in [2.75, 3.05) is 4.90 Å². The summed E-state index contributed by atoms with van der Waals surface area (Å²) in [6.45, 7) is 1.79. The molecule has 0 N–H and O–H groups in total. The summed E-state index contributed by atoms with van der Waals surface area (Å²) in [6, 6.07) is 4.39. The molecule has 4 atom stereocenters. The van der Waals surface area contributed by atoms with E-state index in [0.29, 0.717) is 12.8 Å². The van der Waals surface area contributed by atoms with Crippen LogP contribution in [0.5, 0.6) is 0 Å². The Morgan fingerprint density at radius 3 is 2.55 bits per heavy atom. The van der Waals surface area contributed by atoms with E-state index in [-0.39, 0.29) is 29.2 Å². The van der Waals surface area contributed by atoms with Crippen molar-refractivity contribution in [3.05, 3.63) is 29.6 Å². The molecule has 1 aromatic rings. The highest BCUT2D eigenvalue weighted by Crippen LogP contribution is 2.52. The molecule has 114 valence electrons. The van der Waals surface area contributed by atoms with Crippen molar-refractivity contribution in [3.8, 4) is 0 Å². The van der Waals surface area contributed by atoms with Gasteiger partial charge in [-0.15, -0.1) is 0 Å². The molecule has 22 heavy (non-hydrogen) atoms. The predicted octanol–water partition coefficient (Wildman–Crippen LogP) is 2.24. The summed E-state index contributed by atoms with van der Waals surface area (Å²) >= 11 is 0. The molecule has 3 saturated carbocycles. The quantitative estimate of drug-likeness (QED) is 0.748. The number of carbonyl (C=O) groups is 3. The van der Waals surface area contributed by atoms with Crippen LogP contribution in [0.15, 0.2) is 18.2 Å². The van der Waals surface area contributed by atoms with Crippen LogP contribution in [-0.4, -0.2) is 17.6 Å². The molecule has 4 aliphatic rings. The zero-order valence-electron chi connectivity index (χ0n) is 12.2. The lowest BCUT2D eigenvalue weighted by Crippen LogP contribution is -2.46. The van der Waals surface area contributed by atoms with E-state index in [1.807, 2.05) is 0 Å². The molecule has 5 heteroatoms. The minimum Gasteiger partial charge on any atom is -0.299 e. The van der Waals surface area contributed by atoms with Gasteiger partial charge in [-0.05, 0) is 43.4 Å². The van der Waals surface area contributed by atoms with Gasteiger partial charge >= 0.3 is 0 Å². The lowest BCUT2D eigenvalue weighted by molar-refractivity contribution is -0.143. The molecule has 0 aromatic heterocycles. The number of amides is 2. The molecular weight excluding hydrogens is 285 g/mol. The predicted molar refractivity (Wildman–Crippen MR) is 76.4 cm³/mol. The normalized spacial score (nSPS) is 33.5. The molecule has 5 rings (SSSR count). The first-order valence-corrected chi connectivity index (χ1v) is 7.65. The molecule has 1 aliphatic heterocycles. The topological polar surface area (TPSA) is 54.5 Å². The second kappa shape index (κ2) is 4.48. The molecule has 1 aromatic carbocycles. The Kier molecular flexibility index (Phi) is 2.77. The number of aryl methyl sites for hydroxylation is 1. The highest BCUT2D eigenvalue weighted by atomic mass is 19.1. The molecule has 0 spiro atoms. The van der Waals surface area contributed by atoms with Gasteiger partial charge in [0.25, 0.3) is 0 Å². The summed E-state index contributed by atoms with van der Waals surface area (Å²) in [7, 11) is 0. The van der Waals surface area contributed by atoms with Gasteiger partial charge in [-0.1, -0.05) is 6.07 Å². The van der Waals surface area contributed by atoms with Gasteiger partial charge in [-0.3, -0.25) is 14.4 Å². The average Bonchev–Trinajstić information content (AvgIpc) is 2.76. The summed E-state index contributed by atoms with van der Waals surface area (Å²) in [6.07, 6.45) is 1.86. The van der Waals surface area contributed by atoms with E-state index in [1.165, 1.54) is 12.1 Å². The second-order valence-corrected chi connectivity index (χ2v) is 6.63. The Hall–Kier alpha value is -2.04. The standard InChI is InChI=1S/C17H16FNO3/c1-8-2-5-11(18)12(6-8)19-16(21)14-9-3-4-10(13(20)7-9)15(14)17(19)22/h2,5-6,9-10,14-15H,3-4,7H2,1H3/t9-,10+,14+,15-/m0/s1. The average molecular weight is 301 g/mol. The van der Waals surface area contributed by atoms with E-state index >= 15 is 0 Å². The number of Topliss-reactive ketones (excluding diaryl/α,β-unsaturated/α-hetero) is 1. The van der Waals surface area contributed by atoms with Crippen molar-refractivity contribution in [3.63, 3.8) is 0 Å². The molecule has 1 heterocycles. The Bertz CT molecular complexity index is 714. The minimum absolute atomic E-state index is 0.0243. The maximum absolute atomic E-state index is 14.1. The van der Waals surface area contributed by atoms with E-state index in [1.54, 1.807) is 13.0 Å². The largest absolute Gasteiger partial charge is 0.299 e. The van der Waals surface area contributed by atoms with E-state index in [2.05, 4.69) is 0 Å². The van der Waals surface area contributed by atoms with Crippen LogP contribution in [-0.2, 0) is 14.4 Å². The Labute approximate surface area is 127 Å². The Morgan fingerprint density at radius 1 is 1.09 bits per heavy atom. The van der Waals surface area contributed by atoms with Gasteiger partial charge < -0.3 is 0 Å². The number of nitrogens with zero attached hydrogens (tertiary/aromatic N) is 1. The summed E-state index contributed by atoms with van der Waals surface area (Å²) in [5.41, 5.74) is 0.808. The zero-order valence-corrected chi connectivity index (χ0v) is 12.2. The van der Waals surface area contributed by atoms with Crippen molar-refractivity contribution >= 4 is 23.3 Å². The van der Waals surface area contributed by atoms with Gasteiger partial charge in [-0.25, -0.2) is 9.29 Å². The van der Waals surface area contributed by atoms with E-state index < -0.39 is 23.6 Å². The van der Waals surface area contributed by atoms with Crippen LogP contribution in [0.25, 0.3) is 0 Å². The van der Waals surface area contributed by atoms with Gasteiger partial charge in [0.15, 0.2) is 0 Å². The van der Waals surface area contributed by atoms with Crippen LogP contribution in [0.1, 0.15) is 24.8 Å². The number of benzene rings is 1. The number of hydrogen-bond donors (Lipinski definition) is 0. The van der Waals surface area contributed by atoms with Gasteiger partial charge in [0, 0.05) is 12.3 Å². The van der Waals surface area contributed by atoms with Crippen LogP contribution in [0, 0.1) is 36.4 Å². The third-order valence-corrected chi connectivity index (χ3v) is 5.41. The first-order chi connectivity index (χ1) is 10.5. The monoisotopic (exact) mass is 301 g/mol. The fraction of sp³-hybridized carbons (Fsp3) is 0.471. The number of hydrogen-bond acceptors (Lipinski definition) is 3. The number of carbonyl (C=O) groups excluding carboxylic acids is 3. The fourth-order valence-corrected chi connectivity index (χ4v) is 4.42. The fourth-order valence-electron chi connectivity index (χ4n) is 4.42. The van der Waals surface area contributed by atoms with Crippen molar-refractivity contribution in [1.82, 2.24) is 0 Å². The molecule has 4 nitrogen and oxygen atoms in total. The molecule has 0 radical (unpaired) electrons. The van der Waals surface area contributed by atoms with Gasteiger partial charge in [0.2, 0.25) is 11.8 Å². The van der Waals surface area contributed by atoms with E-state index in [0.717, 1.165) is 16.9 Å². The summed E-state index contributed by atoms with van der Waals surface area (Å²) in [5.74, 6) is -2.66. The Balaban J connectivity index is 1.80. The maximum atomic E-state index is 14.1. The van der Waals surface area contributed by atoms with Crippen LogP contribution in [0.4, 0.5) is 10.1 Å². The van der Waals surface area contributed by atoms with Gasteiger partial charge in [-0.2, -0.15) is 0 Å². The van der Waals surface area contributed by atoms with Crippen LogP contribution < -0.4 is 4.90 Å². The number of halogens is 1. The highest BCUT2D eigenvalue weighted by molar-refractivity contribution is 6.23. The van der Waals surface area contributed by atoms with Crippen molar-refractivity contribution in [1.29, 1.82) is 0 Å². The zero-order chi connectivity index (χ0) is 15.6. The summed E-state index contributed by atoms with van der Waals surface area (Å²) in [4.78, 5) is 38.5. The lowest BCUT2D eigenvalue weighted by atomic mass is 9.59. The third-order valence-electron chi connectivity index (χ3n) is 5.41. The minimum atomic E-state index is -0.579. The summed E-state index contributed by atoms with van der Waals surface area (Å²) < 4.78 is 14.1. The smallest absolute Gasteiger partial charge is 0.238 e. The molecular formula is C17H16FNO3. The molecule has 2 bridgehead atoms. The van der Waals surface area contributed by atoms with E-state index in [9.17, 15) is 18.8 Å². The van der Waals surface area contributed by atoms with Crippen LogP contribution in [0.2, 0.25) is 0 Å². The van der Waals surface area contributed by atoms with E-state index in [4.69, 9.17) is 0 Å². The number of fused-ring (bicyclic) bond motifs is 2. The van der Waals surface area contributed by atoms with Crippen molar-refractivity contribution < 1.29 is 18.8 Å². The summed E-state index contributed by atoms with van der Waals surface area (Å²) in [5, 5.41) is 0. The van der Waals surface area contributed by atoms with Gasteiger partial charge in [0.1, 0.15) is 11.6 Å². The maximum Gasteiger partial charge on any atom is 0.238 e. The molecule has 2 amide bonds. The van der Waals surface area contributed by atoms with Crippen LogP contribution >= 0.6 is 0 Å². The first-order valence-electron chi connectivity index (χ1n) is 7.65. The molecule has 0 unspecified atom stereocenters. The highest BCUT2D eigenvalue weighted by Gasteiger charge is 2.61. The van der Waals surface area contributed by atoms with Crippen LogP contribution in [0.3, 0.4) is 0 Å². The number of rotatable bonds is 1. The third kappa shape index (κ3) is 1.65. The molecule has 4 fully saturated rings. The molecule has 1 saturated heterocycles. The molecule has 3 aliphatic carbocycles. The second-order valence-electron chi connectivity index (χ2n) is 6.63. The van der Waals surface area contributed by atoms with Crippen molar-refractivity contribution in [2.24, 2.45) is 23.7 Å². The number of imide groups is 1. The SMILES string of the molecule is Cc1ccc(F)c(N2C(=O)[C@@H]3[C@H]4CC[C@H](C(=O)C4)[C@@H]3C2=O)c1.